The monoisotopic (exact) mass is 909 g/mol. The second-order valence-electron chi connectivity index (χ2n) is 16.3. The minimum Gasteiger partial charge on any atom is -0.383 e. The van der Waals surface area contributed by atoms with Crippen molar-refractivity contribution in [3.8, 4) is 0 Å². The maximum atomic E-state index is 13.5. The molecule has 0 aliphatic carbocycles. The Kier molecular flexibility index (Phi) is 16.1. The molecule has 0 saturated carbocycles. The number of rotatable bonds is 15. The number of anilines is 1. The predicted octanol–water partition coefficient (Wildman–Crippen LogP) is 4.76. The summed E-state index contributed by atoms with van der Waals surface area (Å²) in [7, 11) is 1.87. The van der Waals surface area contributed by atoms with E-state index in [1.807, 2.05) is 30.9 Å². The van der Waals surface area contributed by atoms with Crippen molar-refractivity contribution in [1.82, 2.24) is 48.4 Å². The zero-order chi connectivity index (χ0) is 44.5. The standard InChI is InChI=1S/C26H36FN7O3S2.C18H25FN4O/c1-20(21-4-6-22(27)7-5-21)34-19-28-16-23(34)24(18-37-3)31-12-14-33(15-13-31)39(35,36)25-17-29-26(38-25)32-10-8-30(2)9-11-32;1-14(15-3-5-16(19)6-4-15)23-13-21-11-17(23)18(12-24-2)22-9-7-20-8-10-22/h4-7,16-17,19-20,24H,8-15,18H2,1-3H3;3-6,11,13-14,18,20H,7-10,12H2,1-2H3/t20-,24?;14-,18?/m11/s1. The highest BCUT2D eigenvalue weighted by molar-refractivity contribution is 7.91. The van der Waals surface area contributed by atoms with Crippen LogP contribution in [0, 0.1) is 11.6 Å². The van der Waals surface area contributed by atoms with Gasteiger partial charge in [-0.15, -0.1) is 0 Å². The molecule has 3 aliphatic heterocycles. The van der Waals surface area contributed by atoms with Crippen molar-refractivity contribution in [2.24, 2.45) is 0 Å². The third-order valence-corrected chi connectivity index (χ3v) is 15.8. The molecule has 0 amide bonds. The van der Waals surface area contributed by atoms with E-state index >= 15 is 0 Å². The average molecular weight is 910 g/mol. The van der Waals surface area contributed by atoms with Crippen LogP contribution in [0.2, 0.25) is 0 Å². The molecule has 0 spiro atoms. The van der Waals surface area contributed by atoms with E-state index < -0.39 is 10.0 Å². The van der Waals surface area contributed by atoms with Crippen LogP contribution in [0.15, 0.2) is 84.0 Å². The van der Waals surface area contributed by atoms with Gasteiger partial charge in [-0.25, -0.2) is 32.2 Å². The van der Waals surface area contributed by atoms with E-state index in [2.05, 4.69) is 69.9 Å². The first-order valence-electron chi connectivity index (χ1n) is 21.6. The second kappa shape index (κ2) is 21.7. The number of halogens is 2. The summed E-state index contributed by atoms with van der Waals surface area (Å²) in [6, 6.07) is 13.3. The third-order valence-electron chi connectivity index (χ3n) is 12.4. The van der Waals surface area contributed by atoms with E-state index in [1.54, 1.807) is 37.0 Å². The van der Waals surface area contributed by atoms with E-state index in [-0.39, 0.29) is 35.8 Å². The molecule has 6 heterocycles. The van der Waals surface area contributed by atoms with Crippen molar-refractivity contribution in [2.75, 3.05) is 118 Å². The molecule has 3 aliphatic rings. The molecule has 19 heteroatoms. The lowest BCUT2D eigenvalue weighted by Gasteiger charge is -2.38. The van der Waals surface area contributed by atoms with Gasteiger partial charge < -0.3 is 33.7 Å². The number of ether oxygens (including phenoxy) is 2. The normalized spacial score (nSPS) is 19.3. The highest BCUT2D eigenvalue weighted by atomic mass is 32.2. The van der Waals surface area contributed by atoms with E-state index in [0.717, 1.165) is 80.0 Å². The average Bonchev–Trinajstić information content (AvgIpc) is 4.11. The van der Waals surface area contributed by atoms with Crippen LogP contribution in [0.1, 0.15) is 60.5 Å². The minimum atomic E-state index is -3.62. The van der Waals surface area contributed by atoms with Crippen molar-refractivity contribution in [2.45, 2.75) is 42.2 Å². The van der Waals surface area contributed by atoms with E-state index in [1.165, 1.54) is 41.8 Å². The van der Waals surface area contributed by atoms with Crippen LogP contribution in [0.3, 0.4) is 0 Å². The Balaban J connectivity index is 0.000000212. The van der Waals surface area contributed by atoms with Crippen LogP contribution in [0.25, 0.3) is 0 Å². The van der Waals surface area contributed by atoms with Crippen LogP contribution < -0.4 is 10.2 Å². The van der Waals surface area contributed by atoms with Crippen LogP contribution >= 0.6 is 11.3 Å². The van der Waals surface area contributed by atoms with E-state index in [4.69, 9.17) is 9.47 Å². The van der Waals surface area contributed by atoms with Crippen LogP contribution in [0.4, 0.5) is 13.9 Å². The predicted molar refractivity (Wildman–Crippen MR) is 241 cm³/mol. The second-order valence-corrected chi connectivity index (χ2v) is 19.5. The van der Waals surface area contributed by atoms with Gasteiger partial charge in [0.25, 0.3) is 10.0 Å². The molecule has 2 unspecified atom stereocenters. The molecule has 3 saturated heterocycles. The maximum Gasteiger partial charge on any atom is 0.254 e. The fourth-order valence-corrected chi connectivity index (χ4v) is 11.3. The number of nitrogens with one attached hydrogen (secondary N) is 1. The lowest BCUT2D eigenvalue weighted by Crippen LogP contribution is -2.50. The third kappa shape index (κ3) is 11.2. The van der Waals surface area contributed by atoms with E-state index in [9.17, 15) is 17.2 Å². The summed E-state index contributed by atoms with van der Waals surface area (Å²) < 4.78 is 70.8. The first-order chi connectivity index (χ1) is 30.5. The molecule has 2 aromatic carbocycles. The zero-order valence-electron chi connectivity index (χ0n) is 36.9. The number of thiazole rings is 1. The molecule has 0 radical (unpaired) electrons. The molecule has 342 valence electrons. The summed E-state index contributed by atoms with van der Waals surface area (Å²) in [5.41, 5.74) is 4.15. The topological polar surface area (TPSA) is 129 Å². The summed E-state index contributed by atoms with van der Waals surface area (Å²) >= 11 is 1.26. The maximum absolute atomic E-state index is 13.5. The fraction of sp³-hybridized carbons (Fsp3) is 0.523. The van der Waals surface area contributed by atoms with E-state index in [0.29, 0.717) is 43.6 Å². The number of hydrogen-bond acceptors (Lipinski definition) is 13. The summed E-state index contributed by atoms with van der Waals surface area (Å²) in [5, 5.41) is 4.15. The van der Waals surface area contributed by atoms with Gasteiger partial charge in [-0.2, -0.15) is 4.31 Å². The van der Waals surface area contributed by atoms with Gasteiger partial charge >= 0.3 is 0 Å². The highest BCUT2D eigenvalue weighted by Gasteiger charge is 2.35. The molecule has 4 atom stereocenters. The van der Waals surface area contributed by atoms with Gasteiger partial charge in [0, 0.05) is 105 Å². The Morgan fingerprint density at radius 3 is 1.63 bits per heavy atom. The largest absolute Gasteiger partial charge is 0.383 e. The van der Waals surface area contributed by atoms with Gasteiger partial charge in [-0.3, -0.25) is 9.80 Å². The summed E-state index contributed by atoms with van der Waals surface area (Å²) in [6.07, 6.45) is 8.90. The number of nitrogens with zero attached hydrogens (tertiary/aromatic N) is 10. The zero-order valence-corrected chi connectivity index (χ0v) is 38.5. The molecule has 5 aromatic rings. The molecule has 8 rings (SSSR count). The van der Waals surface area contributed by atoms with Crippen molar-refractivity contribution >= 4 is 26.5 Å². The Hall–Kier alpha value is -4.18. The Morgan fingerprint density at radius 2 is 1.16 bits per heavy atom. The van der Waals surface area contributed by atoms with Crippen molar-refractivity contribution < 1.29 is 26.7 Å². The first-order valence-corrected chi connectivity index (χ1v) is 23.8. The molecular weight excluding hydrogens is 849 g/mol. The Labute approximate surface area is 374 Å². The lowest BCUT2D eigenvalue weighted by atomic mass is 10.1. The van der Waals surface area contributed by atoms with Gasteiger partial charge in [-0.1, -0.05) is 35.6 Å². The van der Waals surface area contributed by atoms with Crippen LogP contribution in [-0.4, -0.2) is 165 Å². The number of sulfonamides is 1. The molecule has 15 nitrogen and oxygen atoms in total. The number of piperazine rings is 3. The Bertz CT molecular complexity index is 2270. The first kappa shape index (κ1) is 46.8. The minimum absolute atomic E-state index is 0.0510. The quantitative estimate of drug-likeness (QED) is 0.156. The number of aromatic nitrogens is 5. The van der Waals surface area contributed by atoms with Gasteiger partial charge in [-0.05, 0) is 56.3 Å². The lowest BCUT2D eigenvalue weighted by molar-refractivity contribution is 0.0632. The van der Waals surface area contributed by atoms with Crippen molar-refractivity contribution in [3.05, 3.63) is 114 Å². The van der Waals surface area contributed by atoms with Gasteiger partial charge in [0.15, 0.2) is 9.34 Å². The van der Waals surface area contributed by atoms with Gasteiger partial charge in [0.05, 0.1) is 67.6 Å². The fourth-order valence-electron chi connectivity index (χ4n) is 8.56. The molecule has 3 fully saturated rings. The molecule has 1 N–H and O–H groups in total. The summed E-state index contributed by atoms with van der Waals surface area (Å²) in [5.74, 6) is -0.481. The summed E-state index contributed by atoms with van der Waals surface area (Å²) in [6.45, 7) is 14.6. The number of imidazole rings is 2. The van der Waals surface area contributed by atoms with Crippen LogP contribution in [-0.2, 0) is 19.5 Å². The SMILES string of the molecule is COCC(c1cncn1[C@H](C)c1ccc(F)cc1)N1CCN(S(=O)(=O)c2cnc(N3CCN(C)CC3)s2)CC1.COCC(c1cncn1[C@H](C)c1ccc(F)cc1)N1CCNCC1. The van der Waals surface area contributed by atoms with Gasteiger partial charge in [0.1, 0.15) is 11.6 Å². The number of methoxy groups -OCH3 is 2. The number of likely N-dealkylation sites (N-methyl/N-ethyl adjacent to an activating group) is 1. The summed E-state index contributed by atoms with van der Waals surface area (Å²) in [4.78, 5) is 22.3. The van der Waals surface area contributed by atoms with Crippen molar-refractivity contribution in [3.63, 3.8) is 0 Å². The molecule has 0 bridgehead atoms. The smallest absolute Gasteiger partial charge is 0.254 e. The molecule has 63 heavy (non-hydrogen) atoms. The van der Waals surface area contributed by atoms with Crippen molar-refractivity contribution in [1.29, 1.82) is 0 Å². The Morgan fingerprint density at radius 1 is 0.683 bits per heavy atom. The number of benzene rings is 2. The molecular formula is C44H61F2N11O4S2. The molecule has 3 aromatic heterocycles. The highest BCUT2D eigenvalue weighted by Crippen LogP contribution is 2.33. The van der Waals surface area contributed by atoms with Crippen LogP contribution in [0.5, 0.6) is 0 Å². The van der Waals surface area contributed by atoms with Gasteiger partial charge in [0.2, 0.25) is 0 Å². The number of hydrogen-bond donors (Lipinski definition) is 1.